The van der Waals surface area contributed by atoms with E-state index >= 15 is 0 Å². The molecule has 0 rings (SSSR count). The normalized spacial score (nSPS) is 13.3. The summed E-state index contributed by atoms with van der Waals surface area (Å²) in [6.07, 6.45) is 1.01. The minimum absolute atomic E-state index is 0.0671. The van der Waals surface area contributed by atoms with Crippen molar-refractivity contribution in [3.05, 3.63) is 0 Å². The van der Waals surface area contributed by atoms with Crippen molar-refractivity contribution in [2.75, 3.05) is 0 Å². The van der Waals surface area contributed by atoms with Gasteiger partial charge in [-0.25, -0.2) is 0 Å². The number of rotatable bonds is 3. The highest BCUT2D eigenvalue weighted by atomic mass is 16.5. The van der Waals surface area contributed by atoms with E-state index in [0.29, 0.717) is 5.92 Å². The van der Waals surface area contributed by atoms with Crippen LogP contribution in [0.3, 0.4) is 0 Å². The highest BCUT2D eigenvalue weighted by Crippen LogP contribution is 2.06. The lowest BCUT2D eigenvalue weighted by Crippen LogP contribution is -2.14. The molecule has 0 saturated heterocycles. The summed E-state index contributed by atoms with van der Waals surface area (Å²) >= 11 is 0. The largest absolute Gasteiger partial charge is 0.463 e. The Morgan fingerprint density at radius 2 is 1.90 bits per heavy atom. The molecular weight excluding hydrogens is 128 g/mol. The molecular formula is C8H16O2. The maximum atomic E-state index is 10.4. The summed E-state index contributed by atoms with van der Waals surface area (Å²) in [6.45, 7) is 7.58. The van der Waals surface area contributed by atoms with Crippen LogP contribution < -0.4 is 0 Å². The van der Waals surface area contributed by atoms with Crippen LogP contribution >= 0.6 is 0 Å². The van der Waals surface area contributed by atoms with Gasteiger partial charge in [-0.3, -0.25) is 4.79 Å². The van der Waals surface area contributed by atoms with Crippen molar-refractivity contribution < 1.29 is 9.53 Å². The van der Waals surface area contributed by atoms with Gasteiger partial charge < -0.3 is 4.74 Å². The van der Waals surface area contributed by atoms with Gasteiger partial charge >= 0.3 is 5.97 Å². The Kier molecular flexibility index (Phi) is 4.08. The SMILES string of the molecule is CC(=O)O[C@@H](C)CC(C)C. The molecule has 0 amide bonds. The van der Waals surface area contributed by atoms with Crippen LogP contribution in [0.1, 0.15) is 34.1 Å². The summed E-state index contributed by atoms with van der Waals surface area (Å²) in [5.41, 5.74) is 0. The summed E-state index contributed by atoms with van der Waals surface area (Å²) in [5, 5.41) is 0. The lowest BCUT2D eigenvalue weighted by molar-refractivity contribution is -0.146. The van der Waals surface area contributed by atoms with Gasteiger partial charge in [0, 0.05) is 6.92 Å². The van der Waals surface area contributed by atoms with Crippen LogP contribution in [0.4, 0.5) is 0 Å². The molecule has 0 aromatic heterocycles. The van der Waals surface area contributed by atoms with Gasteiger partial charge in [0.2, 0.25) is 0 Å². The third-order valence-corrected chi connectivity index (χ3v) is 1.17. The van der Waals surface area contributed by atoms with E-state index in [1.807, 2.05) is 6.92 Å². The van der Waals surface area contributed by atoms with E-state index in [2.05, 4.69) is 13.8 Å². The molecule has 0 aliphatic heterocycles. The third-order valence-electron chi connectivity index (χ3n) is 1.17. The Labute approximate surface area is 62.6 Å². The van der Waals surface area contributed by atoms with Gasteiger partial charge in [0.25, 0.3) is 0 Å². The number of carbonyl (C=O) groups is 1. The minimum Gasteiger partial charge on any atom is -0.463 e. The number of carbonyl (C=O) groups excluding carboxylic acids is 1. The first kappa shape index (κ1) is 9.47. The van der Waals surface area contributed by atoms with E-state index in [1.54, 1.807) is 0 Å². The van der Waals surface area contributed by atoms with Crippen molar-refractivity contribution in [1.82, 2.24) is 0 Å². The van der Waals surface area contributed by atoms with Crippen LogP contribution in [0.25, 0.3) is 0 Å². The summed E-state index contributed by atoms with van der Waals surface area (Å²) < 4.78 is 4.92. The van der Waals surface area contributed by atoms with E-state index in [-0.39, 0.29) is 12.1 Å². The predicted octanol–water partition coefficient (Wildman–Crippen LogP) is 1.98. The molecule has 0 fully saturated rings. The smallest absolute Gasteiger partial charge is 0.302 e. The van der Waals surface area contributed by atoms with Crippen molar-refractivity contribution in [3.63, 3.8) is 0 Å². The molecule has 60 valence electrons. The fraction of sp³-hybridized carbons (Fsp3) is 0.875. The van der Waals surface area contributed by atoms with Gasteiger partial charge in [0.1, 0.15) is 0 Å². The summed E-state index contributed by atoms with van der Waals surface area (Å²) in [7, 11) is 0. The maximum Gasteiger partial charge on any atom is 0.302 e. The van der Waals surface area contributed by atoms with Gasteiger partial charge in [-0.1, -0.05) is 13.8 Å². The highest BCUT2D eigenvalue weighted by Gasteiger charge is 2.06. The van der Waals surface area contributed by atoms with Gasteiger partial charge in [0.15, 0.2) is 0 Å². The fourth-order valence-corrected chi connectivity index (χ4v) is 0.995. The number of hydrogen-bond donors (Lipinski definition) is 0. The molecule has 0 aliphatic rings. The standard InChI is InChI=1S/C8H16O2/c1-6(2)5-7(3)10-8(4)9/h6-7H,5H2,1-4H3/t7-/m0/s1. The molecule has 0 unspecified atom stereocenters. The molecule has 0 radical (unpaired) electrons. The molecule has 0 aromatic rings. The van der Waals surface area contributed by atoms with Crippen LogP contribution in [0.2, 0.25) is 0 Å². The van der Waals surface area contributed by atoms with Crippen LogP contribution in [-0.2, 0) is 9.53 Å². The Morgan fingerprint density at radius 1 is 1.40 bits per heavy atom. The molecule has 0 spiro atoms. The second kappa shape index (κ2) is 4.31. The monoisotopic (exact) mass is 144 g/mol. The Morgan fingerprint density at radius 3 is 2.20 bits per heavy atom. The zero-order valence-corrected chi connectivity index (χ0v) is 7.18. The topological polar surface area (TPSA) is 26.3 Å². The summed E-state index contributed by atoms with van der Waals surface area (Å²) in [5.74, 6) is 0.405. The van der Waals surface area contributed by atoms with E-state index < -0.39 is 0 Å². The van der Waals surface area contributed by atoms with Crippen molar-refractivity contribution in [3.8, 4) is 0 Å². The van der Waals surface area contributed by atoms with Gasteiger partial charge in [-0.2, -0.15) is 0 Å². The molecule has 10 heavy (non-hydrogen) atoms. The second-order valence-electron chi connectivity index (χ2n) is 3.05. The van der Waals surface area contributed by atoms with Gasteiger partial charge in [0.05, 0.1) is 6.10 Å². The summed E-state index contributed by atoms with van der Waals surface area (Å²) in [6, 6.07) is 0. The van der Waals surface area contributed by atoms with Gasteiger partial charge in [-0.05, 0) is 19.3 Å². The van der Waals surface area contributed by atoms with E-state index in [1.165, 1.54) is 6.92 Å². The van der Waals surface area contributed by atoms with Crippen LogP contribution in [-0.4, -0.2) is 12.1 Å². The molecule has 0 heterocycles. The van der Waals surface area contributed by atoms with Crippen molar-refractivity contribution in [1.29, 1.82) is 0 Å². The van der Waals surface area contributed by atoms with Crippen molar-refractivity contribution in [2.45, 2.75) is 40.2 Å². The van der Waals surface area contributed by atoms with E-state index in [0.717, 1.165) is 6.42 Å². The Hall–Kier alpha value is -0.530. The minimum atomic E-state index is -0.187. The third kappa shape index (κ3) is 5.60. The molecule has 2 nitrogen and oxygen atoms in total. The van der Waals surface area contributed by atoms with Crippen molar-refractivity contribution >= 4 is 5.97 Å². The average molecular weight is 144 g/mol. The van der Waals surface area contributed by atoms with Crippen molar-refractivity contribution in [2.24, 2.45) is 5.92 Å². The molecule has 0 N–H and O–H groups in total. The second-order valence-corrected chi connectivity index (χ2v) is 3.05. The zero-order chi connectivity index (χ0) is 8.15. The molecule has 0 aromatic carbocycles. The number of hydrogen-bond acceptors (Lipinski definition) is 2. The molecule has 0 aliphatic carbocycles. The first-order valence-electron chi connectivity index (χ1n) is 3.69. The molecule has 0 bridgehead atoms. The lowest BCUT2D eigenvalue weighted by atomic mass is 10.1. The Bertz CT molecular complexity index is 108. The molecule has 0 saturated carbocycles. The highest BCUT2D eigenvalue weighted by molar-refractivity contribution is 5.66. The van der Waals surface area contributed by atoms with E-state index in [9.17, 15) is 4.79 Å². The van der Waals surface area contributed by atoms with Crippen LogP contribution in [0.15, 0.2) is 0 Å². The molecule has 1 atom stereocenters. The number of ether oxygens (including phenoxy) is 1. The first-order valence-corrected chi connectivity index (χ1v) is 3.69. The first-order chi connectivity index (χ1) is 4.52. The predicted molar refractivity (Wildman–Crippen MR) is 40.7 cm³/mol. The van der Waals surface area contributed by atoms with Crippen LogP contribution in [0, 0.1) is 5.92 Å². The van der Waals surface area contributed by atoms with Gasteiger partial charge in [-0.15, -0.1) is 0 Å². The Balaban J connectivity index is 3.43. The number of esters is 1. The quantitative estimate of drug-likeness (QED) is 0.566. The maximum absolute atomic E-state index is 10.4. The fourth-order valence-electron chi connectivity index (χ4n) is 0.995. The zero-order valence-electron chi connectivity index (χ0n) is 7.18. The average Bonchev–Trinajstić information content (AvgIpc) is 1.58. The molecule has 2 heteroatoms. The summed E-state index contributed by atoms with van der Waals surface area (Å²) in [4.78, 5) is 10.4. The van der Waals surface area contributed by atoms with E-state index in [4.69, 9.17) is 4.74 Å². The lowest BCUT2D eigenvalue weighted by Gasteiger charge is -2.13. The van der Waals surface area contributed by atoms with Crippen LogP contribution in [0.5, 0.6) is 0 Å².